The molecule has 116 valence electrons. The van der Waals surface area contributed by atoms with Gasteiger partial charge in [-0.25, -0.2) is 0 Å². The van der Waals surface area contributed by atoms with Crippen molar-refractivity contribution in [2.75, 3.05) is 0 Å². The van der Waals surface area contributed by atoms with Crippen molar-refractivity contribution in [1.82, 2.24) is 0 Å². The normalized spacial score (nSPS) is 15.5. The van der Waals surface area contributed by atoms with E-state index < -0.39 is 48.9 Å². The molecule has 0 rings (SSSR count). The van der Waals surface area contributed by atoms with Gasteiger partial charge in [-0.05, 0) is 0 Å². The van der Waals surface area contributed by atoms with Gasteiger partial charge in [0.25, 0.3) is 0 Å². The second-order valence-electron chi connectivity index (χ2n) is 2.54. The van der Waals surface area contributed by atoms with Gasteiger partial charge in [-0.1, -0.05) is 11.0 Å². The monoisotopic (exact) mass is 370 g/mol. The third kappa shape index (κ3) is 6.12. The Hall–Kier alpha value is 0.370. The largest absolute Gasteiger partial charge is 0.423 e. The van der Waals surface area contributed by atoms with E-state index in [1.807, 2.05) is 0 Å². The third-order valence-electron chi connectivity index (χ3n) is 1.08. The number of alkyl halides is 12. The Morgan fingerprint density at radius 1 is 0.421 bits per heavy atom. The molecule has 19 heavy (non-hydrogen) atoms. The van der Waals surface area contributed by atoms with Gasteiger partial charge in [-0.3, -0.25) is 0 Å². The fourth-order valence-corrected chi connectivity index (χ4v) is 8.07. The van der Waals surface area contributed by atoms with Crippen molar-refractivity contribution in [2.45, 2.75) is 23.7 Å². The van der Waals surface area contributed by atoms with E-state index in [-0.39, 0.29) is 0 Å². The molecule has 0 aliphatic rings. The van der Waals surface area contributed by atoms with Crippen molar-refractivity contribution in [3.63, 3.8) is 0 Å². The molecule has 0 radical (unpaired) electrons. The maximum atomic E-state index is 11.9. The fraction of sp³-hybridized carbons (Fsp3) is 1.00. The molecule has 0 aromatic rings. The molecule has 0 aliphatic heterocycles. The lowest BCUT2D eigenvalue weighted by atomic mass is 11.5. The quantitative estimate of drug-likeness (QED) is 0.390. The molecule has 0 saturated heterocycles. The zero-order valence-corrected chi connectivity index (χ0v) is 10.4. The summed E-state index contributed by atoms with van der Waals surface area (Å²) in [6, 6.07) is 0. The second-order valence-corrected chi connectivity index (χ2v) is 10.1. The van der Waals surface area contributed by atoms with E-state index in [1.54, 1.807) is 0 Å². The van der Waals surface area contributed by atoms with Gasteiger partial charge in [0.05, 0.1) is 0 Å². The first-order chi connectivity index (χ1) is 7.97. The molecular weight excluding hydrogens is 370 g/mol. The topological polar surface area (TPSA) is 0 Å². The van der Waals surface area contributed by atoms with Crippen LogP contribution >= 0.6 is 25.2 Å². The molecule has 0 unspecified atom stereocenters. The third-order valence-corrected chi connectivity index (χ3v) is 9.66. The van der Waals surface area contributed by atoms with E-state index in [0.717, 1.165) is 0 Å². The smallest absolute Gasteiger partial charge is 0.166 e. The Morgan fingerprint density at radius 2 is 0.579 bits per heavy atom. The maximum Gasteiger partial charge on any atom is 0.423 e. The van der Waals surface area contributed by atoms with Crippen LogP contribution in [-0.2, 0) is 0 Å². The van der Waals surface area contributed by atoms with Crippen LogP contribution in [0.15, 0.2) is 0 Å². The Bertz CT molecular complexity index is 239. The van der Waals surface area contributed by atoms with Gasteiger partial charge in [0.15, 0.2) is 14.2 Å². The summed E-state index contributed by atoms with van der Waals surface area (Å²) in [5.41, 5.74) is 0. The Morgan fingerprint density at radius 3 is 0.684 bits per heavy atom. The lowest BCUT2D eigenvalue weighted by Gasteiger charge is -2.28. The van der Waals surface area contributed by atoms with Crippen LogP contribution < -0.4 is 0 Å². The van der Waals surface area contributed by atoms with Gasteiger partial charge < -0.3 is 0 Å². The van der Waals surface area contributed by atoms with Crippen molar-refractivity contribution >= 4 is 25.2 Å². The summed E-state index contributed by atoms with van der Waals surface area (Å²) in [7, 11) is -11.0. The van der Waals surface area contributed by atoms with Crippen LogP contribution in [0.3, 0.4) is 0 Å². The number of rotatable bonds is 2. The highest BCUT2D eigenvalue weighted by atomic mass is 33.1. The zero-order chi connectivity index (χ0) is 15.9. The van der Waals surface area contributed by atoms with Crippen molar-refractivity contribution in [2.24, 2.45) is 0 Å². The van der Waals surface area contributed by atoms with E-state index in [0.29, 0.717) is 0 Å². The highest BCUT2D eigenvalue weighted by Crippen LogP contribution is 2.87. The van der Waals surface area contributed by atoms with E-state index in [1.165, 1.54) is 0 Å². The molecule has 0 fully saturated rings. The first kappa shape index (κ1) is 19.4. The number of hydrogen-bond acceptors (Lipinski definition) is 1. The predicted octanol–water partition coefficient (Wildman–Crippen LogP) is 6.59. The molecule has 0 spiro atoms. The molecule has 0 atom stereocenters. The van der Waals surface area contributed by atoms with Gasteiger partial charge >= 0.3 is 23.7 Å². The summed E-state index contributed by atoms with van der Waals surface area (Å²) in [5.74, 6) is -24.9. The van der Waals surface area contributed by atoms with E-state index in [4.69, 9.17) is 0 Å². The highest BCUT2D eigenvalue weighted by Gasteiger charge is 2.66. The first-order valence-corrected chi connectivity index (χ1v) is 8.24. The van der Waals surface area contributed by atoms with Crippen molar-refractivity contribution in [3.8, 4) is 0 Å². The average molecular weight is 370 g/mol. The average Bonchev–Trinajstić information content (AvgIpc) is 1.91. The van der Waals surface area contributed by atoms with Crippen LogP contribution in [-0.4, -0.2) is 23.7 Å². The van der Waals surface area contributed by atoms with Crippen molar-refractivity contribution < 1.29 is 52.7 Å². The summed E-state index contributed by atoms with van der Waals surface area (Å²) in [4.78, 5) is 0. The van der Waals surface area contributed by atoms with Gasteiger partial charge in [0.2, 0.25) is 0 Å². The minimum absolute atomic E-state index is 2.15. The maximum absolute atomic E-state index is 11.9. The molecule has 0 heterocycles. The van der Waals surface area contributed by atoms with E-state index >= 15 is 0 Å². The zero-order valence-electron chi connectivity index (χ0n) is 7.84. The fourth-order valence-electron chi connectivity index (χ4n) is 0.554. The Labute approximate surface area is 102 Å². The highest BCUT2D eigenvalue weighted by molar-refractivity contribution is 8.86. The molecule has 0 aliphatic carbocycles. The van der Waals surface area contributed by atoms with E-state index in [2.05, 4.69) is 0 Å². The van der Waals surface area contributed by atoms with Crippen LogP contribution in [0.25, 0.3) is 0 Å². The van der Waals surface area contributed by atoms with Gasteiger partial charge in [0, 0.05) is 0 Å². The Balaban J connectivity index is 5.43. The van der Waals surface area contributed by atoms with E-state index in [9.17, 15) is 52.7 Å². The molecular formula is C4F12P2S. The Kier molecular flexibility index (Phi) is 5.74. The van der Waals surface area contributed by atoms with Gasteiger partial charge in [0.1, 0.15) is 0 Å². The first-order valence-electron chi connectivity index (χ1n) is 3.53. The van der Waals surface area contributed by atoms with Crippen LogP contribution in [0.4, 0.5) is 52.7 Å². The summed E-state index contributed by atoms with van der Waals surface area (Å²) < 4.78 is 143. The van der Waals surface area contributed by atoms with Crippen LogP contribution in [0.2, 0.25) is 0 Å². The minimum atomic E-state index is -6.21. The number of halogens is 12. The SMILES string of the molecule is FC(F)(F)P(SP(C(F)(F)F)C(F)(F)F)C(F)(F)F. The minimum Gasteiger partial charge on any atom is -0.166 e. The van der Waals surface area contributed by atoms with Crippen LogP contribution in [0.1, 0.15) is 0 Å². The standard InChI is InChI=1S/C4F12P2S/c5-1(6,7)17(2(8,9)10)19-18(3(11,12)13)4(14,15)16. The molecule has 0 bridgehead atoms. The van der Waals surface area contributed by atoms with Crippen molar-refractivity contribution in [1.29, 1.82) is 0 Å². The molecule has 0 aromatic carbocycles. The van der Waals surface area contributed by atoms with Gasteiger partial charge in [-0.2, -0.15) is 52.7 Å². The molecule has 0 nitrogen and oxygen atoms in total. The van der Waals surface area contributed by atoms with Crippen LogP contribution in [0.5, 0.6) is 0 Å². The summed E-state index contributed by atoms with van der Waals surface area (Å²) in [5, 5.41) is 0. The predicted molar refractivity (Wildman–Crippen MR) is 45.7 cm³/mol. The molecule has 0 saturated carbocycles. The summed E-state index contributed by atoms with van der Waals surface area (Å²) >= 11 is -2.15. The number of hydrogen-bond donors (Lipinski definition) is 0. The summed E-state index contributed by atoms with van der Waals surface area (Å²) in [6.45, 7) is 0. The molecule has 0 aromatic heterocycles. The molecule has 0 N–H and O–H groups in total. The summed E-state index contributed by atoms with van der Waals surface area (Å²) in [6.07, 6.45) is 0. The molecule has 15 heteroatoms. The second kappa shape index (κ2) is 5.63. The lowest BCUT2D eigenvalue weighted by Crippen LogP contribution is -2.20. The van der Waals surface area contributed by atoms with Crippen LogP contribution in [0, 0.1) is 0 Å². The van der Waals surface area contributed by atoms with Crippen molar-refractivity contribution in [3.05, 3.63) is 0 Å². The van der Waals surface area contributed by atoms with Gasteiger partial charge in [-0.15, -0.1) is 0 Å². The molecule has 0 amide bonds. The lowest BCUT2D eigenvalue weighted by molar-refractivity contribution is -0.0793.